The van der Waals surface area contributed by atoms with Crippen LogP contribution in [0.4, 0.5) is 18.9 Å². The number of alkyl halides is 3. The molecule has 132 valence electrons. The number of amidine groups is 1. The zero-order chi connectivity index (χ0) is 18.0. The van der Waals surface area contributed by atoms with Crippen LogP contribution in [0.3, 0.4) is 0 Å². The molecule has 25 heavy (non-hydrogen) atoms. The van der Waals surface area contributed by atoms with E-state index in [1.54, 1.807) is 6.07 Å². The third-order valence-electron chi connectivity index (χ3n) is 4.06. The summed E-state index contributed by atoms with van der Waals surface area (Å²) in [4.78, 5) is 4.51. The summed E-state index contributed by atoms with van der Waals surface area (Å²) in [6.45, 7) is 2.69. The Bertz CT molecular complexity index is 786. The van der Waals surface area contributed by atoms with Crippen molar-refractivity contribution in [2.45, 2.75) is 19.3 Å². The van der Waals surface area contributed by atoms with E-state index in [1.165, 1.54) is 12.1 Å². The number of benzene rings is 2. The zero-order valence-corrected chi connectivity index (χ0v) is 13.9. The second-order valence-electron chi connectivity index (χ2n) is 5.78. The van der Waals surface area contributed by atoms with Gasteiger partial charge in [-0.15, -0.1) is 0 Å². The quantitative estimate of drug-likeness (QED) is 0.823. The van der Waals surface area contributed by atoms with E-state index < -0.39 is 17.9 Å². The Morgan fingerprint density at radius 3 is 2.52 bits per heavy atom. The highest BCUT2D eigenvalue weighted by molar-refractivity contribution is 6.04. The molecule has 0 radical (unpaired) electrons. The van der Waals surface area contributed by atoms with Crippen LogP contribution in [0.1, 0.15) is 29.8 Å². The van der Waals surface area contributed by atoms with Crippen LogP contribution < -0.4 is 10.7 Å². The van der Waals surface area contributed by atoms with Crippen molar-refractivity contribution < 1.29 is 13.2 Å². The number of hydrogen-bond acceptors (Lipinski definition) is 4. The molecule has 0 aliphatic carbocycles. The molecule has 2 aromatic rings. The van der Waals surface area contributed by atoms with Gasteiger partial charge in [-0.05, 0) is 18.2 Å². The number of hydrogen-bond donors (Lipinski definition) is 2. The van der Waals surface area contributed by atoms with Gasteiger partial charge >= 0.3 is 6.18 Å². The molecule has 3 rings (SSSR count). The second-order valence-corrected chi connectivity index (χ2v) is 5.78. The number of aliphatic imine (C=N–C) groups is 1. The Morgan fingerprint density at radius 2 is 1.80 bits per heavy atom. The van der Waals surface area contributed by atoms with Crippen molar-refractivity contribution >= 4 is 11.5 Å². The Balaban J connectivity index is 2.06. The topological polar surface area (TPSA) is 39.7 Å². The van der Waals surface area contributed by atoms with Gasteiger partial charge < -0.3 is 10.7 Å². The predicted molar refractivity (Wildman–Crippen MR) is 92.2 cm³/mol. The molecule has 7 heteroatoms. The highest BCUT2D eigenvalue weighted by Gasteiger charge is 2.36. The first-order valence-electron chi connectivity index (χ1n) is 7.97. The van der Waals surface area contributed by atoms with Crippen molar-refractivity contribution in [2.24, 2.45) is 4.99 Å². The van der Waals surface area contributed by atoms with Gasteiger partial charge in [0.2, 0.25) is 0 Å². The maximum atomic E-state index is 13.4. The second kappa shape index (κ2) is 6.76. The fraction of sp³-hybridized carbons (Fsp3) is 0.278. The van der Waals surface area contributed by atoms with E-state index in [1.807, 2.05) is 43.2 Å². The van der Waals surface area contributed by atoms with E-state index in [-0.39, 0.29) is 5.56 Å². The third-order valence-corrected chi connectivity index (χ3v) is 4.06. The highest BCUT2D eigenvalue weighted by atomic mass is 19.4. The average molecular weight is 348 g/mol. The van der Waals surface area contributed by atoms with E-state index in [2.05, 4.69) is 15.7 Å². The van der Waals surface area contributed by atoms with Gasteiger partial charge in [-0.2, -0.15) is 13.2 Å². The molecular formula is C18H19F3N4. The minimum atomic E-state index is -4.43. The molecule has 0 saturated heterocycles. The lowest BCUT2D eigenvalue weighted by Crippen LogP contribution is -2.41. The molecule has 1 atom stereocenters. The maximum Gasteiger partial charge on any atom is 0.416 e. The van der Waals surface area contributed by atoms with Crippen molar-refractivity contribution in [3.8, 4) is 0 Å². The lowest BCUT2D eigenvalue weighted by atomic mass is 10.0. The molecule has 0 bridgehead atoms. The molecule has 0 fully saturated rings. The lowest BCUT2D eigenvalue weighted by Gasteiger charge is -2.29. The van der Waals surface area contributed by atoms with Crippen molar-refractivity contribution in [1.82, 2.24) is 10.4 Å². The van der Waals surface area contributed by atoms with Crippen LogP contribution in [0.15, 0.2) is 53.5 Å². The van der Waals surface area contributed by atoms with Gasteiger partial charge in [0.05, 0.1) is 5.56 Å². The van der Waals surface area contributed by atoms with Gasteiger partial charge in [-0.1, -0.05) is 37.3 Å². The third kappa shape index (κ3) is 3.61. The van der Waals surface area contributed by atoms with Crippen molar-refractivity contribution in [2.75, 3.05) is 18.9 Å². The Labute approximate surface area is 144 Å². The number of anilines is 1. The Kier molecular flexibility index (Phi) is 4.67. The average Bonchev–Trinajstić information content (AvgIpc) is 2.60. The van der Waals surface area contributed by atoms with Crippen molar-refractivity contribution in [1.29, 1.82) is 0 Å². The molecule has 2 N–H and O–H groups in total. The molecule has 0 spiro atoms. The molecule has 1 heterocycles. The standard InChI is InChI=1S/C18H19F3N4/c1-3-25(2)24-17-13-9-5-7-11-15(13)22-16(23-17)12-8-4-6-10-14(12)18(19,20)21/h4-11,16,22H,3H2,1-2H3,(H,23,24). The largest absolute Gasteiger partial charge is 0.416 e. The van der Waals surface area contributed by atoms with Gasteiger partial charge in [-0.3, -0.25) is 0 Å². The van der Waals surface area contributed by atoms with Crippen LogP contribution >= 0.6 is 0 Å². The lowest BCUT2D eigenvalue weighted by molar-refractivity contribution is -0.138. The van der Waals surface area contributed by atoms with E-state index >= 15 is 0 Å². The van der Waals surface area contributed by atoms with Gasteiger partial charge in [-0.25, -0.2) is 10.0 Å². The monoisotopic (exact) mass is 348 g/mol. The smallest absolute Gasteiger partial charge is 0.359 e. The summed E-state index contributed by atoms with van der Waals surface area (Å²) in [5.41, 5.74) is 4.13. The summed E-state index contributed by atoms with van der Waals surface area (Å²) in [6, 6.07) is 12.9. The number of halogens is 3. The van der Waals surface area contributed by atoms with E-state index in [4.69, 9.17) is 0 Å². The fourth-order valence-electron chi connectivity index (χ4n) is 2.68. The Morgan fingerprint density at radius 1 is 1.12 bits per heavy atom. The minimum absolute atomic E-state index is 0.1000. The number of para-hydroxylation sites is 1. The number of nitrogens with one attached hydrogen (secondary N) is 2. The van der Waals surface area contributed by atoms with Crippen LogP contribution in [0.5, 0.6) is 0 Å². The van der Waals surface area contributed by atoms with Gasteiger partial charge in [0.25, 0.3) is 0 Å². The fourth-order valence-corrected chi connectivity index (χ4v) is 2.68. The molecule has 1 unspecified atom stereocenters. The zero-order valence-electron chi connectivity index (χ0n) is 13.9. The summed E-state index contributed by atoms with van der Waals surface area (Å²) >= 11 is 0. The number of hydrazine groups is 1. The number of fused-ring (bicyclic) bond motifs is 1. The molecular weight excluding hydrogens is 329 g/mol. The van der Waals surface area contributed by atoms with Crippen LogP contribution in [0.25, 0.3) is 0 Å². The molecule has 2 aromatic carbocycles. The molecule has 1 aliphatic heterocycles. The van der Waals surface area contributed by atoms with Crippen LogP contribution in [-0.4, -0.2) is 24.4 Å². The van der Waals surface area contributed by atoms with Gasteiger partial charge in [0, 0.05) is 30.4 Å². The van der Waals surface area contributed by atoms with Gasteiger partial charge in [0.1, 0.15) is 12.0 Å². The predicted octanol–water partition coefficient (Wildman–Crippen LogP) is 4.03. The van der Waals surface area contributed by atoms with E-state index in [9.17, 15) is 13.2 Å². The van der Waals surface area contributed by atoms with Crippen LogP contribution in [0, 0.1) is 0 Å². The van der Waals surface area contributed by atoms with Crippen molar-refractivity contribution in [3.63, 3.8) is 0 Å². The summed E-state index contributed by atoms with van der Waals surface area (Å²) in [5, 5.41) is 4.93. The molecule has 0 amide bonds. The SMILES string of the molecule is CCN(C)NC1=NC(c2ccccc2C(F)(F)F)Nc2ccccc21. The van der Waals surface area contributed by atoms with Crippen molar-refractivity contribution in [3.05, 3.63) is 65.2 Å². The highest BCUT2D eigenvalue weighted by Crippen LogP contribution is 2.37. The van der Waals surface area contributed by atoms with E-state index in [0.29, 0.717) is 5.84 Å². The summed E-state index contributed by atoms with van der Waals surface area (Å²) < 4.78 is 40.1. The first kappa shape index (κ1) is 17.3. The number of nitrogens with zero attached hydrogens (tertiary/aromatic N) is 2. The summed E-state index contributed by atoms with van der Waals surface area (Å²) in [6.07, 6.45) is -5.25. The summed E-state index contributed by atoms with van der Waals surface area (Å²) in [7, 11) is 1.85. The van der Waals surface area contributed by atoms with Crippen LogP contribution in [0.2, 0.25) is 0 Å². The van der Waals surface area contributed by atoms with E-state index in [0.717, 1.165) is 23.9 Å². The minimum Gasteiger partial charge on any atom is -0.359 e. The normalized spacial score (nSPS) is 16.9. The molecule has 1 aliphatic rings. The molecule has 0 saturated carbocycles. The molecule has 0 aromatic heterocycles. The van der Waals surface area contributed by atoms with Gasteiger partial charge in [0.15, 0.2) is 0 Å². The Hall–Kier alpha value is -2.54. The summed E-state index contributed by atoms with van der Waals surface area (Å²) in [5.74, 6) is 0.542. The molecule has 4 nitrogen and oxygen atoms in total. The maximum absolute atomic E-state index is 13.4. The first-order valence-corrected chi connectivity index (χ1v) is 7.97. The first-order chi connectivity index (χ1) is 11.9. The number of rotatable bonds is 3. The van der Waals surface area contributed by atoms with Crippen LogP contribution in [-0.2, 0) is 6.18 Å².